The van der Waals surface area contributed by atoms with E-state index in [-0.39, 0.29) is 23.9 Å². The molecule has 1 saturated carbocycles. The molecule has 3 rings (SSSR count). The van der Waals surface area contributed by atoms with Gasteiger partial charge < -0.3 is 10.3 Å². The molecule has 0 aromatic carbocycles. The second-order valence-electron chi connectivity index (χ2n) is 4.97. The molecular weight excluding hydrogens is 264 g/mol. The Kier molecular flexibility index (Phi) is 3.87. The maximum absolute atomic E-state index is 6.18. The van der Waals surface area contributed by atoms with Gasteiger partial charge in [0.1, 0.15) is 0 Å². The fourth-order valence-corrected chi connectivity index (χ4v) is 2.17. The lowest BCUT2D eigenvalue weighted by Gasteiger charge is -2.34. The van der Waals surface area contributed by atoms with E-state index in [1.54, 1.807) is 6.20 Å². The van der Waals surface area contributed by atoms with Crippen molar-refractivity contribution in [1.82, 2.24) is 15.1 Å². The lowest BCUT2D eigenvalue weighted by Crippen LogP contribution is -2.44. The van der Waals surface area contributed by atoms with Crippen LogP contribution in [0, 0.1) is 0 Å². The quantitative estimate of drug-likeness (QED) is 0.934. The molecule has 6 heteroatoms. The summed E-state index contributed by atoms with van der Waals surface area (Å²) in [4.78, 5) is 8.55. The lowest BCUT2D eigenvalue weighted by molar-refractivity contribution is 0.228. The molecule has 1 aliphatic carbocycles. The molecule has 0 saturated heterocycles. The summed E-state index contributed by atoms with van der Waals surface area (Å²) < 4.78 is 5.33. The van der Waals surface area contributed by atoms with Crippen molar-refractivity contribution in [2.45, 2.75) is 37.6 Å². The first-order valence-corrected chi connectivity index (χ1v) is 6.22. The van der Waals surface area contributed by atoms with Crippen LogP contribution in [0.5, 0.6) is 0 Å². The summed E-state index contributed by atoms with van der Waals surface area (Å²) in [6.45, 7) is 2.03. The molecule has 1 fully saturated rings. The number of halogens is 1. The van der Waals surface area contributed by atoms with Gasteiger partial charge in [0, 0.05) is 12.4 Å². The van der Waals surface area contributed by atoms with E-state index in [0.29, 0.717) is 11.7 Å². The first-order valence-electron chi connectivity index (χ1n) is 6.22. The molecule has 0 aliphatic heterocycles. The van der Waals surface area contributed by atoms with Crippen molar-refractivity contribution >= 4 is 12.4 Å². The van der Waals surface area contributed by atoms with E-state index in [2.05, 4.69) is 15.1 Å². The predicted octanol–water partition coefficient (Wildman–Crippen LogP) is 2.38. The van der Waals surface area contributed by atoms with Crippen LogP contribution in [0.1, 0.15) is 49.4 Å². The molecular formula is C13H17ClN4O. The molecule has 19 heavy (non-hydrogen) atoms. The Hall–Kier alpha value is -1.46. The molecule has 2 N–H and O–H groups in total. The summed E-state index contributed by atoms with van der Waals surface area (Å²) in [6.07, 6.45) is 6.58. The minimum atomic E-state index is -0.365. The maximum atomic E-state index is 6.18. The van der Waals surface area contributed by atoms with Gasteiger partial charge in [0.25, 0.3) is 0 Å². The fourth-order valence-electron chi connectivity index (χ4n) is 2.17. The molecule has 1 atom stereocenters. The van der Waals surface area contributed by atoms with Crippen molar-refractivity contribution in [1.29, 1.82) is 0 Å². The van der Waals surface area contributed by atoms with Crippen LogP contribution in [0.15, 0.2) is 29.0 Å². The van der Waals surface area contributed by atoms with Crippen molar-refractivity contribution in [2.75, 3.05) is 0 Å². The number of aromatic nitrogens is 3. The Balaban J connectivity index is 0.00000133. The van der Waals surface area contributed by atoms with E-state index in [0.717, 1.165) is 24.8 Å². The lowest BCUT2D eigenvalue weighted by atomic mass is 9.77. The number of nitrogens with zero attached hydrogens (tertiary/aromatic N) is 3. The molecule has 102 valence electrons. The smallest absolute Gasteiger partial charge is 0.234 e. The highest BCUT2D eigenvalue weighted by molar-refractivity contribution is 5.85. The van der Waals surface area contributed by atoms with Gasteiger partial charge in [-0.2, -0.15) is 4.98 Å². The number of rotatable bonds is 3. The topological polar surface area (TPSA) is 77.8 Å². The molecule has 5 nitrogen and oxygen atoms in total. The highest BCUT2D eigenvalue weighted by atomic mass is 35.5. The third-order valence-corrected chi connectivity index (χ3v) is 3.69. The van der Waals surface area contributed by atoms with Gasteiger partial charge in [-0.3, -0.25) is 4.98 Å². The van der Waals surface area contributed by atoms with Gasteiger partial charge in [0.15, 0.2) is 5.82 Å². The average Bonchev–Trinajstić information content (AvgIpc) is 2.86. The van der Waals surface area contributed by atoms with Crippen LogP contribution in [0.4, 0.5) is 0 Å². The highest BCUT2D eigenvalue weighted by Gasteiger charge is 2.39. The molecule has 0 amide bonds. The maximum Gasteiger partial charge on any atom is 0.234 e. The van der Waals surface area contributed by atoms with Gasteiger partial charge in [-0.05, 0) is 37.8 Å². The van der Waals surface area contributed by atoms with Gasteiger partial charge in [-0.15, -0.1) is 12.4 Å². The molecule has 2 aromatic heterocycles. The van der Waals surface area contributed by atoms with Crippen LogP contribution in [-0.2, 0) is 5.54 Å². The Morgan fingerprint density at radius 3 is 2.79 bits per heavy atom. The number of pyridine rings is 1. The van der Waals surface area contributed by atoms with Crippen molar-refractivity contribution in [2.24, 2.45) is 5.73 Å². The second-order valence-corrected chi connectivity index (χ2v) is 4.97. The Bertz CT molecular complexity index is 539. The SMILES string of the molecule is CC(c1cccnc1)c1nc(C2(N)CCC2)no1.Cl. The van der Waals surface area contributed by atoms with Crippen LogP contribution in [0.25, 0.3) is 0 Å². The second kappa shape index (κ2) is 5.27. The van der Waals surface area contributed by atoms with Gasteiger partial charge in [-0.25, -0.2) is 0 Å². The van der Waals surface area contributed by atoms with Crippen molar-refractivity contribution < 1.29 is 4.52 Å². The van der Waals surface area contributed by atoms with Crippen LogP contribution in [0.2, 0.25) is 0 Å². The summed E-state index contributed by atoms with van der Waals surface area (Å²) in [5.74, 6) is 1.29. The van der Waals surface area contributed by atoms with Crippen LogP contribution in [-0.4, -0.2) is 15.1 Å². The summed E-state index contributed by atoms with van der Waals surface area (Å²) in [6, 6.07) is 3.91. The molecule has 1 aliphatic rings. The standard InChI is InChI=1S/C13H16N4O.ClH/c1-9(10-4-2-7-15-8-10)11-16-12(17-18-11)13(14)5-3-6-13;/h2,4,7-9H,3,5-6,14H2,1H3;1H. The van der Waals surface area contributed by atoms with E-state index in [1.165, 1.54) is 0 Å². The third kappa shape index (κ3) is 2.48. The highest BCUT2D eigenvalue weighted by Crippen LogP contribution is 2.37. The molecule has 0 spiro atoms. The number of hydrogen-bond acceptors (Lipinski definition) is 5. The van der Waals surface area contributed by atoms with Gasteiger partial charge in [-0.1, -0.05) is 11.2 Å². The first kappa shape index (κ1) is 14.0. The molecule has 0 bridgehead atoms. The average molecular weight is 281 g/mol. The Morgan fingerprint density at radius 1 is 1.42 bits per heavy atom. The minimum Gasteiger partial charge on any atom is -0.339 e. The summed E-state index contributed by atoms with van der Waals surface area (Å²) in [5, 5.41) is 4.03. The largest absolute Gasteiger partial charge is 0.339 e. The number of hydrogen-bond donors (Lipinski definition) is 1. The molecule has 2 aromatic rings. The Morgan fingerprint density at radius 2 is 2.21 bits per heavy atom. The molecule has 0 radical (unpaired) electrons. The molecule has 2 heterocycles. The van der Waals surface area contributed by atoms with E-state index in [9.17, 15) is 0 Å². The summed E-state index contributed by atoms with van der Waals surface area (Å²) in [5.41, 5.74) is 6.88. The van der Waals surface area contributed by atoms with E-state index >= 15 is 0 Å². The first-order chi connectivity index (χ1) is 8.69. The zero-order chi connectivity index (χ0) is 12.6. The minimum absolute atomic E-state index is 0. The Labute approximate surface area is 118 Å². The van der Waals surface area contributed by atoms with Crippen LogP contribution < -0.4 is 5.73 Å². The monoisotopic (exact) mass is 280 g/mol. The summed E-state index contributed by atoms with van der Waals surface area (Å²) >= 11 is 0. The van der Waals surface area contributed by atoms with Gasteiger partial charge >= 0.3 is 0 Å². The summed E-state index contributed by atoms with van der Waals surface area (Å²) in [7, 11) is 0. The third-order valence-electron chi connectivity index (χ3n) is 3.69. The van der Waals surface area contributed by atoms with Crippen molar-refractivity contribution in [3.8, 4) is 0 Å². The van der Waals surface area contributed by atoms with E-state index < -0.39 is 0 Å². The normalized spacial score (nSPS) is 18.2. The molecule has 1 unspecified atom stereocenters. The van der Waals surface area contributed by atoms with Gasteiger partial charge in [0.05, 0.1) is 11.5 Å². The zero-order valence-corrected chi connectivity index (χ0v) is 11.6. The van der Waals surface area contributed by atoms with Crippen molar-refractivity contribution in [3.05, 3.63) is 41.8 Å². The van der Waals surface area contributed by atoms with E-state index in [1.807, 2.05) is 25.3 Å². The predicted molar refractivity (Wildman–Crippen MR) is 73.0 cm³/mol. The fraction of sp³-hybridized carbons (Fsp3) is 0.462. The van der Waals surface area contributed by atoms with E-state index in [4.69, 9.17) is 10.3 Å². The van der Waals surface area contributed by atoms with Crippen LogP contribution >= 0.6 is 12.4 Å². The van der Waals surface area contributed by atoms with Crippen molar-refractivity contribution in [3.63, 3.8) is 0 Å². The van der Waals surface area contributed by atoms with Gasteiger partial charge in [0.2, 0.25) is 5.89 Å². The number of nitrogens with two attached hydrogens (primary N) is 1. The zero-order valence-electron chi connectivity index (χ0n) is 10.7. The van der Waals surface area contributed by atoms with Crippen LogP contribution in [0.3, 0.4) is 0 Å².